The Bertz CT molecular complexity index is 1300. The van der Waals surface area contributed by atoms with Gasteiger partial charge >= 0.3 is 0 Å². The predicted octanol–water partition coefficient (Wildman–Crippen LogP) is 4.32. The van der Waals surface area contributed by atoms with E-state index >= 15 is 0 Å². The molecule has 1 aliphatic carbocycles. The minimum Gasteiger partial charge on any atom is -0.285 e. The zero-order chi connectivity index (χ0) is 19.8. The van der Waals surface area contributed by atoms with Crippen LogP contribution in [0.3, 0.4) is 0 Å². The van der Waals surface area contributed by atoms with Gasteiger partial charge in [0.05, 0.1) is 11.1 Å². The molecule has 0 saturated carbocycles. The van der Waals surface area contributed by atoms with Crippen molar-refractivity contribution < 1.29 is 8.42 Å². The van der Waals surface area contributed by atoms with Crippen LogP contribution in [0.2, 0.25) is 0 Å². The largest absolute Gasteiger partial charge is 0.285 e. The highest BCUT2D eigenvalue weighted by Gasteiger charge is 2.23. The van der Waals surface area contributed by atoms with Crippen molar-refractivity contribution in [2.24, 2.45) is 0 Å². The lowest BCUT2D eigenvalue weighted by atomic mass is 10.0. The molecule has 5 rings (SSSR count). The van der Waals surface area contributed by atoms with Crippen LogP contribution in [0.1, 0.15) is 24.8 Å². The Labute approximate surface area is 169 Å². The van der Waals surface area contributed by atoms with Gasteiger partial charge in [-0.3, -0.25) is 5.10 Å². The number of allylic oxidation sites excluding steroid dienone is 2. The number of aromatic nitrogens is 4. The molecule has 0 amide bonds. The first-order valence-electron chi connectivity index (χ1n) is 9.60. The topological polar surface area (TPSA) is 80.6 Å². The molecule has 1 N–H and O–H groups in total. The van der Waals surface area contributed by atoms with Gasteiger partial charge in [0.2, 0.25) is 0 Å². The quantitative estimate of drug-likeness (QED) is 0.503. The molecule has 1 aliphatic rings. The molecule has 0 radical (unpaired) electrons. The number of nitrogens with one attached hydrogen (secondary N) is 1. The van der Waals surface area contributed by atoms with Gasteiger partial charge in [-0.15, -0.1) is 0 Å². The van der Waals surface area contributed by atoms with Gasteiger partial charge < -0.3 is 0 Å². The van der Waals surface area contributed by atoms with E-state index in [9.17, 15) is 8.42 Å². The van der Waals surface area contributed by atoms with E-state index in [2.05, 4.69) is 27.3 Å². The number of hydrogen-bond donors (Lipinski definition) is 1. The number of benzene rings is 1. The number of nitrogens with zero attached hydrogens (tertiary/aromatic N) is 3. The molecule has 0 spiro atoms. The van der Waals surface area contributed by atoms with E-state index in [1.807, 2.05) is 0 Å². The Morgan fingerprint density at radius 1 is 1.14 bits per heavy atom. The van der Waals surface area contributed by atoms with Crippen molar-refractivity contribution in [1.29, 1.82) is 0 Å². The third-order valence-corrected chi connectivity index (χ3v) is 7.01. The number of hydrogen-bond acceptors (Lipinski definition) is 4. The van der Waals surface area contributed by atoms with E-state index in [0.29, 0.717) is 5.65 Å². The molecule has 6 nitrogen and oxygen atoms in total. The van der Waals surface area contributed by atoms with Gasteiger partial charge in [0.25, 0.3) is 10.0 Å². The van der Waals surface area contributed by atoms with Gasteiger partial charge in [0, 0.05) is 35.1 Å². The Morgan fingerprint density at radius 2 is 2.00 bits per heavy atom. The average Bonchev–Trinajstić information content (AvgIpc) is 3.49. The van der Waals surface area contributed by atoms with Crippen LogP contribution in [-0.4, -0.2) is 27.6 Å². The summed E-state index contributed by atoms with van der Waals surface area (Å²) < 4.78 is 27.8. The van der Waals surface area contributed by atoms with Gasteiger partial charge in [0.1, 0.15) is 0 Å². The molecule has 4 aromatic rings. The molecule has 29 heavy (non-hydrogen) atoms. The van der Waals surface area contributed by atoms with Crippen molar-refractivity contribution in [3.05, 3.63) is 78.4 Å². The maximum Gasteiger partial charge on any atom is 0.269 e. The van der Waals surface area contributed by atoms with Gasteiger partial charge in [0.15, 0.2) is 5.65 Å². The smallest absolute Gasteiger partial charge is 0.269 e. The fourth-order valence-electron chi connectivity index (χ4n) is 3.90. The molecule has 0 atom stereocenters. The summed E-state index contributed by atoms with van der Waals surface area (Å²) >= 11 is 0. The van der Waals surface area contributed by atoms with E-state index < -0.39 is 10.0 Å². The standard InChI is InChI=1S/C22H20N4O2S/c27-29(28,19-8-2-1-3-9-19)26-15-21(18-13-24-25-14-18)20-11-17(12-23-22(20)26)10-16-6-4-5-7-16/h1-3,6,8-9,11-15H,4-5,7,10H2,(H,24,25). The first kappa shape index (κ1) is 17.9. The van der Waals surface area contributed by atoms with Crippen molar-refractivity contribution in [3.8, 4) is 11.1 Å². The maximum atomic E-state index is 13.3. The second kappa shape index (κ2) is 7.00. The molecule has 0 saturated heterocycles. The lowest BCUT2D eigenvalue weighted by Gasteiger charge is -2.07. The van der Waals surface area contributed by atoms with E-state index in [0.717, 1.165) is 41.3 Å². The fraction of sp³-hybridized carbons (Fsp3) is 0.182. The summed E-state index contributed by atoms with van der Waals surface area (Å²) in [5.74, 6) is 0. The summed E-state index contributed by atoms with van der Waals surface area (Å²) in [4.78, 5) is 4.81. The second-order valence-electron chi connectivity index (χ2n) is 7.29. The third kappa shape index (κ3) is 3.17. The Kier molecular flexibility index (Phi) is 4.32. The van der Waals surface area contributed by atoms with Crippen LogP contribution in [0.15, 0.2) is 77.7 Å². The minimum absolute atomic E-state index is 0.234. The number of pyridine rings is 1. The van der Waals surface area contributed by atoms with Crippen molar-refractivity contribution in [2.45, 2.75) is 30.6 Å². The van der Waals surface area contributed by atoms with E-state index in [-0.39, 0.29) is 4.90 Å². The first-order chi connectivity index (χ1) is 14.1. The van der Waals surface area contributed by atoms with E-state index in [1.54, 1.807) is 55.1 Å². The SMILES string of the molecule is O=S(=O)(c1ccccc1)n1cc(-c2cn[nH]c2)c2cc(CC3=CCCC3)cnc21. The number of fused-ring (bicyclic) bond motifs is 1. The molecular weight excluding hydrogens is 384 g/mol. The second-order valence-corrected chi connectivity index (χ2v) is 9.10. The average molecular weight is 404 g/mol. The molecule has 0 bridgehead atoms. The highest BCUT2D eigenvalue weighted by atomic mass is 32.2. The lowest BCUT2D eigenvalue weighted by molar-refractivity contribution is 0.589. The Balaban J connectivity index is 1.69. The summed E-state index contributed by atoms with van der Waals surface area (Å²) in [6.07, 6.45) is 13.5. The van der Waals surface area contributed by atoms with Gasteiger partial charge in [-0.2, -0.15) is 5.10 Å². The van der Waals surface area contributed by atoms with E-state index in [4.69, 9.17) is 0 Å². The molecule has 3 aromatic heterocycles. The van der Waals surface area contributed by atoms with Crippen molar-refractivity contribution >= 4 is 21.1 Å². The predicted molar refractivity (Wildman–Crippen MR) is 112 cm³/mol. The van der Waals surface area contributed by atoms with Crippen LogP contribution < -0.4 is 0 Å². The Morgan fingerprint density at radius 3 is 2.72 bits per heavy atom. The molecule has 146 valence electrons. The highest BCUT2D eigenvalue weighted by Crippen LogP contribution is 2.33. The van der Waals surface area contributed by atoms with Gasteiger partial charge in [-0.05, 0) is 49.4 Å². The van der Waals surface area contributed by atoms with Crippen LogP contribution in [0.25, 0.3) is 22.2 Å². The molecule has 1 aromatic carbocycles. The number of rotatable bonds is 5. The van der Waals surface area contributed by atoms with Gasteiger partial charge in [-0.1, -0.05) is 29.8 Å². The zero-order valence-corrected chi connectivity index (χ0v) is 16.6. The van der Waals surface area contributed by atoms with Crippen molar-refractivity contribution in [1.82, 2.24) is 19.2 Å². The summed E-state index contributed by atoms with van der Waals surface area (Å²) in [6.45, 7) is 0. The summed E-state index contributed by atoms with van der Waals surface area (Å²) in [5.41, 5.74) is 4.56. The molecule has 0 fully saturated rings. The molecule has 0 unspecified atom stereocenters. The molecule has 3 heterocycles. The van der Waals surface area contributed by atoms with Crippen LogP contribution >= 0.6 is 0 Å². The van der Waals surface area contributed by atoms with Crippen LogP contribution in [0.4, 0.5) is 0 Å². The zero-order valence-electron chi connectivity index (χ0n) is 15.7. The number of H-pyrrole nitrogens is 1. The fourth-order valence-corrected chi connectivity index (χ4v) is 5.24. The van der Waals surface area contributed by atoms with Gasteiger partial charge in [-0.25, -0.2) is 17.4 Å². The molecule has 7 heteroatoms. The summed E-state index contributed by atoms with van der Waals surface area (Å²) in [5, 5.41) is 7.64. The van der Waals surface area contributed by atoms with Crippen molar-refractivity contribution in [3.63, 3.8) is 0 Å². The lowest BCUT2D eigenvalue weighted by Crippen LogP contribution is -2.12. The first-order valence-corrected chi connectivity index (χ1v) is 11.0. The normalized spacial score (nSPS) is 14.4. The van der Waals surface area contributed by atoms with E-state index in [1.165, 1.54) is 16.0 Å². The van der Waals surface area contributed by atoms with Crippen molar-refractivity contribution in [2.75, 3.05) is 0 Å². The summed E-state index contributed by atoms with van der Waals surface area (Å²) in [6, 6.07) is 10.5. The maximum absolute atomic E-state index is 13.3. The molecular formula is C22H20N4O2S. The minimum atomic E-state index is -3.76. The van der Waals surface area contributed by atoms with Crippen LogP contribution in [-0.2, 0) is 16.4 Å². The third-order valence-electron chi connectivity index (χ3n) is 5.34. The Hall–Kier alpha value is -3.19. The number of aromatic amines is 1. The van der Waals surface area contributed by atoms with Crippen LogP contribution in [0, 0.1) is 0 Å². The summed E-state index contributed by atoms with van der Waals surface area (Å²) in [7, 11) is -3.76. The van der Waals surface area contributed by atoms with Crippen LogP contribution in [0.5, 0.6) is 0 Å². The monoisotopic (exact) mass is 404 g/mol. The highest BCUT2D eigenvalue weighted by molar-refractivity contribution is 7.90. The molecule has 0 aliphatic heterocycles.